The largest absolute Gasteiger partial charge is 0.376 e. The van der Waals surface area contributed by atoms with Crippen molar-refractivity contribution in [3.05, 3.63) is 0 Å². The van der Waals surface area contributed by atoms with E-state index in [-0.39, 0.29) is 0 Å². The minimum Gasteiger partial charge on any atom is -0.376 e. The van der Waals surface area contributed by atoms with Crippen LogP contribution in [0.1, 0.15) is 45.4 Å². The summed E-state index contributed by atoms with van der Waals surface area (Å²) in [4.78, 5) is 0. The van der Waals surface area contributed by atoms with E-state index in [1.807, 2.05) is 0 Å². The third kappa shape index (κ3) is 2.14. The second-order valence-electron chi connectivity index (χ2n) is 6.19. The SMILES string of the molecule is CC1NCCCC1OCC1CC2CCC1C2. The van der Waals surface area contributed by atoms with Crippen LogP contribution in [0.3, 0.4) is 0 Å². The Kier molecular flexibility index (Phi) is 3.21. The fourth-order valence-corrected chi connectivity index (χ4v) is 4.07. The molecule has 16 heavy (non-hydrogen) atoms. The molecular weight excluding hydrogens is 198 g/mol. The van der Waals surface area contributed by atoms with E-state index in [0.717, 1.165) is 24.4 Å². The quantitative estimate of drug-likeness (QED) is 0.794. The molecule has 2 bridgehead atoms. The zero-order valence-electron chi connectivity index (χ0n) is 10.5. The van der Waals surface area contributed by atoms with Gasteiger partial charge in [-0.3, -0.25) is 0 Å². The van der Waals surface area contributed by atoms with Crippen molar-refractivity contribution in [3.8, 4) is 0 Å². The summed E-state index contributed by atoms with van der Waals surface area (Å²) >= 11 is 0. The van der Waals surface area contributed by atoms with Gasteiger partial charge < -0.3 is 10.1 Å². The van der Waals surface area contributed by atoms with Gasteiger partial charge in [-0.15, -0.1) is 0 Å². The molecule has 3 rings (SSSR count). The van der Waals surface area contributed by atoms with Crippen molar-refractivity contribution in [1.29, 1.82) is 0 Å². The van der Waals surface area contributed by atoms with Gasteiger partial charge in [0.2, 0.25) is 0 Å². The summed E-state index contributed by atoms with van der Waals surface area (Å²) in [5.41, 5.74) is 0. The van der Waals surface area contributed by atoms with Gasteiger partial charge in [0.05, 0.1) is 12.7 Å². The highest BCUT2D eigenvalue weighted by molar-refractivity contribution is 4.90. The monoisotopic (exact) mass is 223 g/mol. The van der Waals surface area contributed by atoms with Crippen molar-refractivity contribution in [1.82, 2.24) is 5.32 Å². The average molecular weight is 223 g/mol. The number of nitrogens with one attached hydrogen (secondary N) is 1. The van der Waals surface area contributed by atoms with Crippen LogP contribution in [0.5, 0.6) is 0 Å². The number of rotatable bonds is 3. The molecule has 0 amide bonds. The lowest BCUT2D eigenvalue weighted by atomic mass is 9.89. The van der Waals surface area contributed by atoms with E-state index >= 15 is 0 Å². The fourth-order valence-electron chi connectivity index (χ4n) is 4.07. The molecular formula is C14H25NO. The standard InChI is InChI=1S/C14H25NO/c1-10-14(3-2-6-15-10)16-9-13-8-11-4-5-12(13)7-11/h10-15H,2-9H2,1H3. The summed E-state index contributed by atoms with van der Waals surface area (Å²) in [6.07, 6.45) is 8.97. The smallest absolute Gasteiger partial charge is 0.0725 e. The Balaban J connectivity index is 1.45. The first-order chi connectivity index (χ1) is 7.83. The third-order valence-corrected chi connectivity index (χ3v) is 5.10. The van der Waals surface area contributed by atoms with Crippen molar-refractivity contribution in [2.45, 2.75) is 57.6 Å². The summed E-state index contributed by atoms with van der Waals surface area (Å²) in [6.45, 7) is 4.48. The first-order valence-electron chi connectivity index (χ1n) is 7.18. The molecule has 5 unspecified atom stereocenters. The number of piperidine rings is 1. The maximum absolute atomic E-state index is 6.17. The van der Waals surface area contributed by atoms with Gasteiger partial charge >= 0.3 is 0 Å². The van der Waals surface area contributed by atoms with Gasteiger partial charge in [-0.05, 0) is 63.3 Å². The lowest BCUT2D eigenvalue weighted by Crippen LogP contribution is -2.44. The lowest BCUT2D eigenvalue weighted by molar-refractivity contribution is -0.0150. The molecule has 1 saturated heterocycles. The van der Waals surface area contributed by atoms with Crippen molar-refractivity contribution in [2.75, 3.05) is 13.2 Å². The van der Waals surface area contributed by atoms with Crippen molar-refractivity contribution < 1.29 is 4.74 Å². The van der Waals surface area contributed by atoms with E-state index in [9.17, 15) is 0 Å². The predicted octanol–water partition coefficient (Wildman–Crippen LogP) is 2.58. The Hall–Kier alpha value is -0.0800. The van der Waals surface area contributed by atoms with Crippen LogP contribution in [-0.2, 0) is 4.74 Å². The molecule has 2 aliphatic carbocycles. The van der Waals surface area contributed by atoms with E-state index < -0.39 is 0 Å². The van der Waals surface area contributed by atoms with Crippen molar-refractivity contribution in [3.63, 3.8) is 0 Å². The molecule has 0 aromatic rings. The van der Waals surface area contributed by atoms with Crippen LogP contribution in [0.25, 0.3) is 0 Å². The minimum atomic E-state index is 0.480. The Morgan fingerprint density at radius 1 is 1.19 bits per heavy atom. The highest BCUT2D eigenvalue weighted by atomic mass is 16.5. The molecule has 0 aromatic carbocycles. The van der Waals surface area contributed by atoms with E-state index in [0.29, 0.717) is 12.1 Å². The summed E-state index contributed by atoms with van der Waals surface area (Å²) in [7, 11) is 0. The van der Waals surface area contributed by atoms with E-state index in [1.54, 1.807) is 0 Å². The Labute approximate surface area is 99.1 Å². The number of fused-ring (bicyclic) bond motifs is 2. The molecule has 5 atom stereocenters. The predicted molar refractivity (Wildman–Crippen MR) is 65.4 cm³/mol. The molecule has 3 aliphatic rings. The zero-order chi connectivity index (χ0) is 11.0. The van der Waals surface area contributed by atoms with Crippen LogP contribution in [-0.4, -0.2) is 25.3 Å². The fraction of sp³-hybridized carbons (Fsp3) is 1.00. The van der Waals surface area contributed by atoms with Crippen LogP contribution in [0.2, 0.25) is 0 Å². The molecule has 2 saturated carbocycles. The lowest BCUT2D eigenvalue weighted by Gasteiger charge is -2.32. The van der Waals surface area contributed by atoms with Crippen LogP contribution >= 0.6 is 0 Å². The second kappa shape index (κ2) is 4.66. The molecule has 2 nitrogen and oxygen atoms in total. The molecule has 2 heteroatoms. The summed E-state index contributed by atoms with van der Waals surface area (Å²) in [5, 5.41) is 3.52. The molecule has 1 heterocycles. The number of ether oxygens (including phenoxy) is 1. The van der Waals surface area contributed by atoms with Crippen LogP contribution in [0.15, 0.2) is 0 Å². The van der Waals surface area contributed by atoms with Crippen molar-refractivity contribution in [2.24, 2.45) is 17.8 Å². The molecule has 1 N–H and O–H groups in total. The van der Waals surface area contributed by atoms with Gasteiger partial charge in [0.25, 0.3) is 0 Å². The van der Waals surface area contributed by atoms with Crippen LogP contribution in [0.4, 0.5) is 0 Å². The van der Waals surface area contributed by atoms with Crippen molar-refractivity contribution >= 4 is 0 Å². The second-order valence-corrected chi connectivity index (χ2v) is 6.19. The highest BCUT2D eigenvalue weighted by Gasteiger charge is 2.39. The molecule has 3 fully saturated rings. The Morgan fingerprint density at radius 3 is 2.81 bits per heavy atom. The molecule has 0 radical (unpaired) electrons. The summed E-state index contributed by atoms with van der Waals surface area (Å²) in [5.74, 6) is 2.96. The van der Waals surface area contributed by atoms with Gasteiger partial charge in [0.15, 0.2) is 0 Å². The van der Waals surface area contributed by atoms with E-state index in [2.05, 4.69) is 12.2 Å². The summed E-state index contributed by atoms with van der Waals surface area (Å²) in [6, 6.07) is 0.562. The first kappa shape index (κ1) is 11.0. The zero-order valence-corrected chi connectivity index (χ0v) is 10.5. The minimum absolute atomic E-state index is 0.480. The maximum Gasteiger partial charge on any atom is 0.0725 e. The Morgan fingerprint density at radius 2 is 2.12 bits per heavy atom. The first-order valence-corrected chi connectivity index (χ1v) is 7.18. The normalized spacial score (nSPS) is 47.4. The Bertz CT molecular complexity index is 241. The van der Waals surface area contributed by atoms with Crippen LogP contribution in [0, 0.1) is 17.8 Å². The average Bonchev–Trinajstić information content (AvgIpc) is 2.90. The van der Waals surface area contributed by atoms with Crippen LogP contribution < -0.4 is 5.32 Å². The van der Waals surface area contributed by atoms with Gasteiger partial charge in [0.1, 0.15) is 0 Å². The molecule has 0 spiro atoms. The maximum atomic E-state index is 6.17. The third-order valence-electron chi connectivity index (χ3n) is 5.10. The molecule has 0 aromatic heterocycles. The van der Waals surface area contributed by atoms with E-state index in [4.69, 9.17) is 4.74 Å². The molecule has 92 valence electrons. The molecule has 1 aliphatic heterocycles. The van der Waals surface area contributed by atoms with Gasteiger partial charge in [0, 0.05) is 6.04 Å². The van der Waals surface area contributed by atoms with Gasteiger partial charge in [-0.1, -0.05) is 6.42 Å². The van der Waals surface area contributed by atoms with Gasteiger partial charge in [-0.2, -0.15) is 0 Å². The summed E-state index contributed by atoms with van der Waals surface area (Å²) < 4.78 is 6.17. The topological polar surface area (TPSA) is 21.3 Å². The number of hydrogen-bond donors (Lipinski definition) is 1. The number of hydrogen-bond acceptors (Lipinski definition) is 2. The highest BCUT2D eigenvalue weighted by Crippen LogP contribution is 2.48. The van der Waals surface area contributed by atoms with Gasteiger partial charge in [-0.25, -0.2) is 0 Å². The van der Waals surface area contributed by atoms with E-state index in [1.165, 1.54) is 45.1 Å².